The van der Waals surface area contributed by atoms with Crippen LogP contribution in [0.15, 0.2) is 58.2 Å². The lowest BCUT2D eigenvalue weighted by atomic mass is 10.1. The fourth-order valence-electron chi connectivity index (χ4n) is 2.07. The molecule has 116 valence electrons. The molecule has 0 atom stereocenters. The SMILES string of the molecule is O=CCSc1nc(-c2ccc(Cl)cc2)c(-c2ccc(Cl)cc2)o1. The largest absolute Gasteiger partial charge is 0.431 e. The van der Waals surface area contributed by atoms with Crippen molar-refractivity contribution >= 4 is 41.2 Å². The number of aromatic nitrogens is 1. The van der Waals surface area contributed by atoms with Gasteiger partial charge < -0.3 is 9.21 Å². The van der Waals surface area contributed by atoms with Crippen molar-refractivity contribution in [2.24, 2.45) is 0 Å². The lowest BCUT2D eigenvalue weighted by molar-refractivity contribution is -0.105. The van der Waals surface area contributed by atoms with Gasteiger partial charge >= 0.3 is 0 Å². The number of oxazole rings is 1. The molecule has 3 rings (SSSR count). The van der Waals surface area contributed by atoms with Crippen LogP contribution in [0.5, 0.6) is 0 Å². The number of nitrogens with zero attached hydrogens (tertiary/aromatic N) is 1. The van der Waals surface area contributed by atoms with E-state index in [1.54, 1.807) is 24.3 Å². The minimum atomic E-state index is 0.292. The number of aldehydes is 1. The second-order valence-electron chi connectivity index (χ2n) is 4.65. The molecule has 3 nitrogen and oxygen atoms in total. The topological polar surface area (TPSA) is 43.1 Å². The molecule has 0 aliphatic heterocycles. The van der Waals surface area contributed by atoms with E-state index in [0.717, 1.165) is 17.4 Å². The van der Waals surface area contributed by atoms with Crippen LogP contribution in [0.1, 0.15) is 0 Å². The Morgan fingerprint density at radius 2 is 1.52 bits per heavy atom. The molecule has 0 radical (unpaired) electrons. The molecule has 0 unspecified atom stereocenters. The predicted octanol–water partition coefficient (Wildman–Crippen LogP) is 5.61. The Morgan fingerprint density at radius 3 is 2.09 bits per heavy atom. The summed E-state index contributed by atoms with van der Waals surface area (Å²) >= 11 is 13.1. The van der Waals surface area contributed by atoms with E-state index in [1.165, 1.54) is 11.8 Å². The lowest BCUT2D eigenvalue weighted by Crippen LogP contribution is -1.83. The molecule has 0 amide bonds. The summed E-state index contributed by atoms with van der Waals surface area (Å²) in [5.74, 6) is 0.929. The van der Waals surface area contributed by atoms with E-state index in [2.05, 4.69) is 4.98 Å². The average Bonchev–Trinajstić information content (AvgIpc) is 2.98. The maximum Gasteiger partial charge on any atom is 0.257 e. The first-order valence-electron chi connectivity index (χ1n) is 6.76. The molecule has 0 aliphatic rings. The molecule has 0 saturated heterocycles. The van der Waals surface area contributed by atoms with Crippen LogP contribution in [-0.2, 0) is 4.79 Å². The molecule has 0 N–H and O–H groups in total. The summed E-state index contributed by atoms with van der Waals surface area (Å²) in [4.78, 5) is 15.1. The number of benzene rings is 2. The summed E-state index contributed by atoms with van der Waals surface area (Å²) in [6.07, 6.45) is 0.818. The molecule has 0 spiro atoms. The molecule has 3 aromatic rings. The van der Waals surface area contributed by atoms with Crippen molar-refractivity contribution < 1.29 is 9.21 Å². The number of hydrogen-bond donors (Lipinski definition) is 0. The molecule has 0 bridgehead atoms. The molecule has 1 heterocycles. The summed E-state index contributed by atoms with van der Waals surface area (Å²) in [5, 5.41) is 1.75. The molecular formula is C17H11Cl2NO2S. The Bertz CT molecular complexity index is 751. The van der Waals surface area contributed by atoms with Gasteiger partial charge in [-0.25, -0.2) is 4.98 Å². The highest BCUT2D eigenvalue weighted by Crippen LogP contribution is 2.36. The van der Waals surface area contributed by atoms with Crippen LogP contribution >= 0.6 is 35.0 Å². The van der Waals surface area contributed by atoms with Crippen LogP contribution in [-0.4, -0.2) is 17.0 Å². The summed E-state index contributed by atoms with van der Waals surface area (Å²) < 4.78 is 5.84. The Kier molecular flexibility index (Phi) is 5.06. The van der Waals surface area contributed by atoms with Crippen molar-refractivity contribution in [1.82, 2.24) is 4.98 Å². The fourth-order valence-corrected chi connectivity index (χ4v) is 2.83. The molecule has 0 saturated carbocycles. The Labute approximate surface area is 147 Å². The van der Waals surface area contributed by atoms with Crippen molar-refractivity contribution in [2.75, 3.05) is 5.75 Å². The second-order valence-corrected chi connectivity index (χ2v) is 6.49. The zero-order chi connectivity index (χ0) is 16.2. The van der Waals surface area contributed by atoms with Crippen molar-refractivity contribution in [3.8, 4) is 22.6 Å². The zero-order valence-electron chi connectivity index (χ0n) is 11.8. The van der Waals surface area contributed by atoms with Gasteiger partial charge in [0, 0.05) is 21.2 Å². The highest BCUT2D eigenvalue weighted by atomic mass is 35.5. The lowest BCUT2D eigenvalue weighted by Gasteiger charge is -2.02. The Balaban J connectivity index is 2.08. The van der Waals surface area contributed by atoms with Crippen molar-refractivity contribution in [3.05, 3.63) is 58.6 Å². The number of carbonyl (C=O) groups excluding carboxylic acids is 1. The Hall–Kier alpha value is -1.75. The van der Waals surface area contributed by atoms with Crippen LogP contribution in [0.4, 0.5) is 0 Å². The number of rotatable bonds is 5. The van der Waals surface area contributed by atoms with Gasteiger partial charge in [-0.3, -0.25) is 0 Å². The van der Waals surface area contributed by atoms with E-state index < -0.39 is 0 Å². The van der Waals surface area contributed by atoms with Crippen LogP contribution in [0.2, 0.25) is 10.0 Å². The van der Waals surface area contributed by atoms with Gasteiger partial charge in [0.1, 0.15) is 12.0 Å². The second kappa shape index (κ2) is 7.21. The summed E-state index contributed by atoms with van der Waals surface area (Å²) in [5.41, 5.74) is 2.46. The molecule has 0 fully saturated rings. The van der Waals surface area contributed by atoms with E-state index in [-0.39, 0.29) is 0 Å². The van der Waals surface area contributed by atoms with E-state index >= 15 is 0 Å². The highest BCUT2D eigenvalue weighted by Gasteiger charge is 2.17. The molecular weight excluding hydrogens is 353 g/mol. The smallest absolute Gasteiger partial charge is 0.257 e. The van der Waals surface area contributed by atoms with Crippen molar-refractivity contribution in [3.63, 3.8) is 0 Å². The number of hydrogen-bond acceptors (Lipinski definition) is 4. The first-order chi connectivity index (χ1) is 11.2. The zero-order valence-corrected chi connectivity index (χ0v) is 14.2. The molecule has 23 heavy (non-hydrogen) atoms. The predicted molar refractivity (Wildman–Crippen MR) is 94.2 cm³/mol. The monoisotopic (exact) mass is 363 g/mol. The van der Waals surface area contributed by atoms with E-state index in [9.17, 15) is 4.79 Å². The van der Waals surface area contributed by atoms with E-state index in [0.29, 0.717) is 32.5 Å². The van der Waals surface area contributed by atoms with Crippen molar-refractivity contribution in [1.29, 1.82) is 0 Å². The third-order valence-corrected chi connectivity index (χ3v) is 4.33. The molecule has 1 aromatic heterocycles. The summed E-state index contributed by atoms with van der Waals surface area (Å²) in [6.45, 7) is 0. The fraction of sp³-hybridized carbons (Fsp3) is 0.0588. The first kappa shape index (κ1) is 16.1. The quantitative estimate of drug-likeness (QED) is 0.436. The van der Waals surface area contributed by atoms with Crippen LogP contribution < -0.4 is 0 Å². The number of carbonyl (C=O) groups is 1. The van der Waals surface area contributed by atoms with Crippen LogP contribution in [0, 0.1) is 0 Å². The third-order valence-electron chi connectivity index (χ3n) is 3.11. The maximum absolute atomic E-state index is 10.6. The minimum absolute atomic E-state index is 0.292. The van der Waals surface area contributed by atoms with Gasteiger partial charge in [0.05, 0.1) is 5.75 Å². The highest BCUT2D eigenvalue weighted by molar-refractivity contribution is 7.99. The van der Waals surface area contributed by atoms with Gasteiger partial charge in [0.25, 0.3) is 5.22 Å². The van der Waals surface area contributed by atoms with Crippen LogP contribution in [0.3, 0.4) is 0 Å². The number of thioether (sulfide) groups is 1. The maximum atomic E-state index is 10.6. The first-order valence-corrected chi connectivity index (χ1v) is 8.50. The molecule has 2 aromatic carbocycles. The summed E-state index contributed by atoms with van der Waals surface area (Å²) in [6, 6.07) is 14.7. The minimum Gasteiger partial charge on any atom is -0.431 e. The van der Waals surface area contributed by atoms with Gasteiger partial charge in [-0.05, 0) is 36.4 Å². The third kappa shape index (κ3) is 3.78. The van der Waals surface area contributed by atoms with E-state index in [4.69, 9.17) is 27.6 Å². The number of halogens is 2. The molecule has 0 aliphatic carbocycles. The standard InChI is InChI=1S/C17H11Cl2NO2S/c18-13-5-1-11(2-6-13)15-16(12-3-7-14(19)8-4-12)22-17(20-15)23-10-9-21/h1-9H,10H2. The Morgan fingerprint density at radius 1 is 0.957 bits per heavy atom. The van der Waals surface area contributed by atoms with Crippen molar-refractivity contribution in [2.45, 2.75) is 5.22 Å². The summed E-state index contributed by atoms with van der Waals surface area (Å²) in [7, 11) is 0. The van der Waals surface area contributed by atoms with Gasteiger partial charge in [0.15, 0.2) is 5.76 Å². The van der Waals surface area contributed by atoms with Crippen LogP contribution in [0.25, 0.3) is 22.6 Å². The van der Waals surface area contributed by atoms with Gasteiger partial charge in [-0.1, -0.05) is 47.1 Å². The normalized spacial score (nSPS) is 10.7. The van der Waals surface area contributed by atoms with E-state index in [1.807, 2.05) is 24.3 Å². The van der Waals surface area contributed by atoms with Gasteiger partial charge in [-0.15, -0.1) is 0 Å². The molecule has 6 heteroatoms. The van der Waals surface area contributed by atoms with Gasteiger partial charge in [-0.2, -0.15) is 0 Å². The van der Waals surface area contributed by atoms with Gasteiger partial charge in [0.2, 0.25) is 0 Å². The average molecular weight is 364 g/mol.